The zero-order valence-corrected chi connectivity index (χ0v) is 12.1. The van der Waals surface area contributed by atoms with Gasteiger partial charge in [-0.1, -0.05) is 13.3 Å². The van der Waals surface area contributed by atoms with Crippen molar-refractivity contribution in [1.82, 2.24) is 10.2 Å². The Balaban J connectivity index is 2.36. The normalized spacial score (nSPS) is 21.6. The number of hydrogen-bond donors (Lipinski definition) is 1. The Morgan fingerprint density at radius 3 is 2.83 bits per heavy atom. The number of nitrogens with one attached hydrogen (secondary N) is 1. The number of nitrogens with zero attached hydrogens (tertiary/aromatic N) is 1. The van der Waals surface area contributed by atoms with Crippen LogP contribution in [0.2, 0.25) is 0 Å². The Kier molecular flexibility index (Phi) is 7.28. The molecule has 2 unspecified atom stereocenters. The maximum atomic E-state index is 12.2. The Morgan fingerprint density at radius 1 is 1.50 bits per heavy atom. The molecule has 4 heteroatoms. The summed E-state index contributed by atoms with van der Waals surface area (Å²) in [5, 5.41) is 3.50. The largest absolute Gasteiger partial charge is 0.384 e. The highest BCUT2D eigenvalue weighted by atomic mass is 16.5. The van der Waals surface area contributed by atoms with Gasteiger partial charge in [0.25, 0.3) is 0 Å². The third kappa shape index (κ3) is 5.36. The molecule has 0 aromatic rings. The first-order chi connectivity index (χ1) is 8.67. The van der Waals surface area contributed by atoms with Crippen LogP contribution in [-0.4, -0.2) is 50.2 Å². The van der Waals surface area contributed by atoms with Crippen molar-refractivity contribution in [3.8, 4) is 0 Å². The summed E-state index contributed by atoms with van der Waals surface area (Å²) >= 11 is 0. The van der Waals surface area contributed by atoms with Crippen molar-refractivity contribution in [2.75, 3.05) is 33.4 Å². The smallest absolute Gasteiger partial charge is 0.222 e. The number of piperidine rings is 1. The number of ether oxygens (including phenoxy) is 1. The lowest BCUT2D eigenvalue weighted by Crippen LogP contribution is -2.46. The highest BCUT2D eigenvalue weighted by Crippen LogP contribution is 2.11. The molecule has 4 nitrogen and oxygen atoms in total. The molecule has 1 aliphatic heterocycles. The van der Waals surface area contributed by atoms with Crippen molar-refractivity contribution in [2.45, 2.75) is 45.6 Å². The third-order valence-electron chi connectivity index (χ3n) is 3.56. The molecule has 1 saturated heterocycles. The van der Waals surface area contributed by atoms with Gasteiger partial charge in [0.2, 0.25) is 5.91 Å². The predicted molar refractivity (Wildman–Crippen MR) is 73.6 cm³/mol. The van der Waals surface area contributed by atoms with Crippen LogP contribution in [0.4, 0.5) is 0 Å². The summed E-state index contributed by atoms with van der Waals surface area (Å²) in [4.78, 5) is 14.2. The van der Waals surface area contributed by atoms with Gasteiger partial charge in [0.15, 0.2) is 0 Å². The molecule has 1 fully saturated rings. The summed E-state index contributed by atoms with van der Waals surface area (Å²) in [7, 11) is 1.69. The number of methoxy groups -OCH3 is 1. The van der Waals surface area contributed by atoms with E-state index in [4.69, 9.17) is 4.74 Å². The Labute approximate surface area is 111 Å². The fraction of sp³-hybridized carbons (Fsp3) is 0.929. The monoisotopic (exact) mass is 256 g/mol. The zero-order valence-electron chi connectivity index (χ0n) is 12.1. The Hall–Kier alpha value is -0.610. The van der Waals surface area contributed by atoms with Crippen LogP contribution in [0.5, 0.6) is 0 Å². The second-order valence-electron chi connectivity index (χ2n) is 5.34. The molecule has 0 bridgehead atoms. The second kappa shape index (κ2) is 8.48. The van der Waals surface area contributed by atoms with Gasteiger partial charge >= 0.3 is 0 Å². The van der Waals surface area contributed by atoms with Gasteiger partial charge < -0.3 is 15.0 Å². The molecule has 2 atom stereocenters. The van der Waals surface area contributed by atoms with E-state index < -0.39 is 0 Å². The molecule has 0 aromatic carbocycles. The van der Waals surface area contributed by atoms with Gasteiger partial charge in [-0.05, 0) is 32.2 Å². The molecule has 0 saturated carbocycles. The summed E-state index contributed by atoms with van der Waals surface area (Å²) in [6, 6.07) is 0.486. The van der Waals surface area contributed by atoms with Gasteiger partial charge in [0, 0.05) is 39.3 Å². The fourth-order valence-corrected chi connectivity index (χ4v) is 2.52. The van der Waals surface area contributed by atoms with Gasteiger partial charge in [-0.3, -0.25) is 4.79 Å². The van der Waals surface area contributed by atoms with E-state index in [2.05, 4.69) is 19.2 Å². The van der Waals surface area contributed by atoms with E-state index in [1.807, 2.05) is 4.90 Å². The van der Waals surface area contributed by atoms with E-state index in [0.717, 1.165) is 19.6 Å². The van der Waals surface area contributed by atoms with Crippen LogP contribution in [0.1, 0.15) is 39.5 Å². The maximum Gasteiger partial charge on any atom is 0.222 e. The number of carbonyl (C=O) groups excluding carboxylic acids is 1. The second-order valence-corrected chi connectivity index (χ2v) is 5.34. The Bertz CT molecular complexity index is 240. The molecular weight excluding hydrogens is 228 g/mol. The first-order valence-electron chi connectivity index (χ1n) is 7.17. The summed E-state index contributed by atoms with van der Waals surface area (Å²) in [5.41, 5.74) is 0. The third-order valence-corrected chi connectivity index (χ3v) is 3.56. The number of hydrogen-bond acceptors (Lipinski definition) is 3. The van der Waals surface area contributed by atoms with E-state index in [-0.39, 0.29) is 5.91 Å². The molecule has 0 aromatic heterocycles. The van der Waals surface area contributed by atoms with Gasteiger partial charge in [-0.2, -0.15) is 0 Å². The summed E-state index contributed by atoms with van der Waals surface area (Å²) in [6.45, 7) is 7.53. The first kappa shape index (κ1) is 15.4. The van der Waals surface area contributed by atoms with E-state index in [9.17, 15) is 4.79 Å². The van der Waals surface area contributed by atoms with Crippen LogP contribution in [0, 0.1) is 5.92 Å². The van der Waals surface area contributed by atoms with Crippen LogP contribution in [0.15, 0.2) is 0 Å². The lowest BCUT2D eigenvalue weighted by atomic mass is 10.0. The van der Waals surface area contributed by atoms with Crippen molar-refractivity contribution in [2.24, 2.45) is 5.92 Å². The van der Waals surface area contributed by atoms with Gasteiger partial charge in [0.1, 0.15) is 0 Å². The number of amides is 1. The van der Waals surface area contributed by atoms with Gasteiger partial charge in [0.05, 0.1) is 0 Å². The molecule has 0 radical (unpaired) electrons. The van der Waals surface area contributed by atoms with Crippen molar-refractivity contribution >= 4 is 5.91 Å². The highest BCUT2D eigenvalue weighted by Gasteiger charge is 2.20. The van der Waals surface area contributed by atoms with Crippen LogP contribution in [-0.2, 0) is 9.53 Å². The first-order valence-corrected chi connectivity index (χ1v) is 7.17. The summed E-state index contributed by atoms with van der Waals surface area (Å²) < 4.78 is 5.08. The minimum absolute atomic E-state index is 0.259. The van der Waals surface area contributed by atoms with Crippen molar-refractivity contribution in [3.05, 3.63) is 0 Å². The van der Waals surface area contributed by atoms with E-state index >= 15 is 0 Å². The summed E-state index contributed by atoms with van der Waals surface area (Å²) in [5.74, 6) is 0.560. The quantitative estimate of drug-likeness (QED) is 0.753. The average molecular weight is 256 g/mol. The minimum atomic E-state index is 0.259. The average Bonchev–Trinajstić information content (AvgIpc) is 2.37. The van der Waals surface area contributed by atoms with Crippen LogP contribution < -0.4 is 5.32 Å². The van der Waals surface area contributed by atoms with Crippen LogP contribution >= 0.6 is 0 Å². The zero-order chi connectivity index (χ0) is 13.4. The molecule has 1 heterocycles. The molecule has 1 amide bonds. The molecule has 106 valence electrons. The van der Waals surface area contributed by atoms with Gasteiger partial charge in [-0.25, -0.2) is 0 Å². The van der Waals surface area contributed by atoms with Crippen molar-refractivity contribution in [1.29, 1.82) is 0 Å². The van der Waals surface area contributed by atoms with Crippen molar-refractivity contribution in [3.63, 3.8) is 0 Å². The predicted octanol–water partition coefficient (Wildman–Crippen LogP) is 1.65. The summed E-state index contributed by atoms with van der Waals surface area (Å²) in [6.07, 6.45) is 4.33. The standard InChI is InChI=1S/C14H28N2O2/c1-4-16(10-13-7-5-6-8-15-13)14(17)9-12(2)11-18-3/h12-13,15H,4-11H2,1-3H3. The number of rotatable bonds is 7. The molecule has 1 aliphatic rings. The molecule has 0 spiro atoms. The molecule has 1 rings (SSSR count). The fourth-order valence-electron chi connectivity index (χ4n) is 2.52. The van der Waals surface area contributed by atoms with E-state index in [1.165, 1.54) is 19.3 Å². The maximum absolute atomic E-state index is 12.2. The van der Waals surface area contributed by atoms with Crippen LogP contribution in [0.3, 0.4) is 0 Å². The lowest BCUT2D eigenvalue weighted by Gasteiger charge is -2.30. The number of carbonyl (C=O) groups is 1. The SMILES string of the molecule is CCN(CC1CCCCN1)C(=O)CC(C)COC. The van der Waals surface area contributed by atoms with Crippen LogP contribution in [0.25, 0.3) is 0 Å². The molecule has 1 N–H and O–H groups in total. The van der Waals surface area contributed by atoms with E-state index in [0.29, 0.717) is 25.0 Å². The molecular formula is C14H28N2O2. The topological polar surface area (TPSA) is 41.6 Å². The highest BCUT2D eigenvalue weighted by molar-refractivity contribution is 5.76. The molecule has 18 heavy (non-hydrogen) atoms. The van der Waals surface area contributed by atoms with E-state index in [1.54, 1.807) is 7.11 Å². The minimum Gasteiger partial charge on any atom is -0.384 e. The molecule has 0 aliphatic carbocycles. The Morgan fingerprint density at radius 2 is 2.28 bits per heavy atom. The van der Waals surface area contributed by atoms with Crippen molar-refractivity contribution < 1.29 is 9.53 Å². The van der Waals surface area contributed by atoms with Gasteiger partial charge in [-0.15, -0.1) is 0 Å². The number of likely N-dealkylation sites (N-methyl/N-ethyl adjacent to an activating group) is 1. The lowest BCUT2D eigenvalue weighted by molar-refractivity contribution is -0.132.